The Morgan fingerprint density at radius 2 is 1.49 bits per heavy atom. The number of ether oxygens (including phenoxy) is 8. The number of pyridine rings is 1. The number of aliphatic hydroxyl groups is 2. The Hall–Kier alpha value is -7.75. The Kier molecular flexibility index (Phi) is 21.0. The Morgan fingerprint density at radius 3 is 2.10 bits per heavy atom. The Balaban J connectivity index is 1.09. The Labute approximate surface area is 514 Å². The number of benzene rings is 3. The predicted molar refractivity (Wildman–Crippen MR) is 319 cm³/mol. The van der Waals surface area contributed by atoms with Gasteiger partial charge in [0.1, 0.15) is 43.2 Å². The van der Waals surface area contributed by atoms with Crippen molar-refractivity contribution < 1.29 is 86.5 Å². The monoisotopic (exact) mass is 1250 g/mol. The molecule has 462 valence electrons. The topological polar surface area (TPSA) is 326 Å². The summed E-state index contributed by atoms with van der Waals surface area (Å²) in [6.07, 6.45) is -9.73. The molecule has 1 aliphatic heterocycles. The molecule has 87 heavy (non-hydrogen) atoms. The van der Waals surface area contributed by atoms with E-state index in [0.29, 0.717) is 17.0 Å². The molecule has 2 saturated carbocycles. The van der Waals surface area contributed by atoms with E-state index in [1.165, 1.54) is 86.0 Å². The maximum absolute atomic E-state index is 15.8. The number of nitrogens with zero attached hydrogens (tertiary/aromatic N) is 2. The molecule has 1 unspecified atom stereocenters. The van der Waals surface area contributed by atoms with Gasteiger partial charge in [-0.15, -0.1) is 0 Å². The molecule has 3 fully saturated rings. The molecule has 1 saturated heterocycles. The van der Waals surface area contributed by atoms with Gasteiger partial charge in [0, 0.05) is 55.4 Å². The summed E-state index contributed by atoms with van der Waals surface area (Å²) in [5.41, 5.74) is 0.998. The van der Waals surface area contributed by atoms with Crippen LogP contribution >= 0.6 is 33.8 Å². The lowest BCUT2D eigenvalue weighted by Gasteiger charge is -2.67. The maximum Gasteiger partial charge on any atom is 0.509 e. The molecule has 1 aromatic heterocycles. The molecule has 4 aromatic rings. The molecule has 1 amide bonds. The molecule has 3 aromatic carbocycles. The lowest BCUT2D eigenvalue weighted by Crippen LogP contribution is -2.82. The van der Waals surface area contributed by atoms with E-state index in [4.69, 9.17) is 55.8 Å². The first-order valence-electron chi connectivity index (χ1n) is 27.7. The molecule has 6 N–H and O–H groups in total. The summed E-state index contributed by atoms with van der Waals surface area (Å²) in [7, 11) is 2.60. The van der Waals surface area contributed by atoms with Gasteiger partial charge in [0.25, 0.3) is 5.91 Å². The fourth-order valence-corrected chi connectivity index (χ4v) is 13.7. The molecule has 2 heterocycles. The highest BCUT2D eigenvalue weighted by atomic mass is 33.1. The highest BCUT2D eigenvalue weighted by molar-refractivity contribution is 8.76. The fourth-order valence-electron chi connectivity index (χ4n) is 12.0. The van der Waals surface area contributed by atoms with Crippen molar-refractivity contribution in [3.63, 3.8) is 0 Å². The number of thiocarbonyl (C=S) groups is 1. The van der Waals surface area contributed by atoms with Crippen LogP contribution in [0.5, 0.6) is 0 Å². The molecule has 4 aliphatic rings. The van der Waals surface area contributed by atoms with Crippen LogP contribution in [0, 0.1) is 16.7 Å². The van der Waals surface area contributed by atoms with Gasteiger partial charge < -0.3 is 59.2 Å². The van der Waals surface area contributed by atoms with Gasteiger partial charge in [0.15, 0.2) is 22.6 Å². The highest BCUT2D eigenvalue weighted by Gasteiger charge is 2.78. The number of nitrogens with one attached hydrogen (secondary N) is 2. The number of hydrazone groups is 1. The van der Waals surface area contributed by atoms with E-state index in [1.807, 2.05) is 0 Å². The van der Waals surface area contributed by atoms with Crippen molar-refractivity contribution in [2.45, 2.75) is 115 Å². The standard InChI is InChI=1S/C61H67N5O18S3/c1-34-42(31-61(76)52(83-54(73)39-21-14-9-15-22-39)50-59(6,43(69)30-44-60(50,33-79-44)84-36(3)68)51(71)48(80-35(2)67)46(34)58(61,4)5)81-55(74)49(47(37-17-10-7-11-18-37)65-53(72)38-19-12-8-13-20-38)82-57(75)78-26-28-87-86-27-25-77-45(70)29-40-23-16-24-63-41(40)32-64-66-56(62)85/h7-24,32,42-44,47-50,52,69,76H,25-31,33H2,1-6H3,(H,65,72)(H3,62,66,85)/b64-32+/t42-,43-,44+,47-,48+,49?,50-,52-,59+,60-,61+/m0/s1. The van der Waals surface area contributed by atoms with Crippen LogP contribution in [0.4, 0.5) is 4.79 Å². The summed E-state index contributed by atoms with van der Waals surface area (Å²) >= 11 is 4.75. The summed E-state index contributed by atoms with van der Waals surface area (Å²) < 4.78 is 47.7. The van der Waals surface area contributed by atoms with Crippen LogP contribution in [0.1, 0.15) is 98.0 Å². The number of fused-ring (bicyclic) bond motifs is 5. The van der Waals surface area contributed by atoms with Crippen LogP contribution in [0.2, 0.25) is 0 Å². The number of hydrogen-bond acceptors (Lipinski definition) is 23. The van der Waals surface area contributed by atoms with Crippen LogP contribution in [0.15, 0.2) is 126 Å². The zero-order valence-electron chi connectivity index (χ0n) is 48.4. The van der Waals surface area contributed by atoms with Crippen molar-refractivity contribution in [3.8, 4) is 0 Å². The quantitative estimate of drug-likeness (QED) is 0.00931. The number of nitrogens with two attached hydrogens (primary N) is 1. The molecule has 8 rings (SSSR count). The third kappa shape index (κ3) is 14.2. The number of ketones is 1. The minimum absolute atomic E-state index is 0.0207. The normalized spacial score (nSPS) is 25.9. The number of carbonyl (C=O) groups is 8. The van der Waals surface area contributed by atoms with Gasteiger partial charge in [0.2, 0.25) is 6.10 Å². The molecule has 26 heteroatoms. The molecule has 0 radical (unpaired) electrons. The van der Waals surface area contributed by atoms with Crippen molar-refractivity contribution in [2.24, 2.45) is 27.6 Å². The molecule has 3 aliphatic carbocycles. The Morgan fingerprint density at radius 1 is 0.862 bits per heavy atom. The second kappa shape index (κ2) is 28.0. The minimum atomic E-state index is -2.52. The molecular formula is C61H67N5O18S3. The average molecular weight is 1250 g/mol. The second-order valence-corrected chi connectivity index (χ2v) is 25.0. The number of Topliss-reactive ketones (excluding diaryl/α,β-unsaturated/α-hetero) is 1. The summed E-state index contributed by atoms with van der Waals surface area (Å²) in [5.74, 6) is -7.27. The number of esters is 5. The van der Waals surface area contributed by atoms with Gasteiger partial charge in [-0.3, -0.25) is 34.4 Å². The predicted octanol–water partition coefficient (Wildman–Crippen LogP) is 5.63. The lowest BCUT2D eigenvalue weighted by atomic mass is 9.44. The van der Waals surface area contributed by atoms with Crippen molar-refractivity contribution >= 4 is 92.8 Å². The smallest absolute Gasteiger partial charge is 0.465 e. The molecule has 0 spiro atoms. The summed E-state index contributed by atoms with van der Waals surface area (Å²) in [5, 5.41) is 33.0. The average Bonchev–Trinajstić information content (AvgIpc) is 0.726. The van der Waals surface area contributed by atoms with Gasteiger partial charge in [-0.1, -0.05) is 108 Å². The van der Waals surface area contributed by atoms with E-state index in [2.05, 4.69) is 20.8 Å². The first-order chi connectivity index (χ1) is 41.4. The van der Waals surface area contributed by atoms with E-state index < -0.39 is 125 Å². The van der Waals surface area contributed by atoms with Crippen molar-refractivity contribution in [1.29, 1.82) is 0 Å². The second-order valence-electron chi connectivity index (χ2n) is 21.9. The van der Waals surface area contributed by atoms with Gasteiger partial charge in [-0.2, -0.15) is 5.10 Å². The Bertz CT molecular complexity index is 3300. The zero-order valence-corrected chi connectivity index (χ0v) is 50.8. The van der Waals surface area contributed by atoms with Crippen LogP contribution in [0.3, 0.4) is 0 Å². The third-order valence-corrected chi connectivity index (χ3v) is 18.6. The van der Waals surface area contributed by atoms with Crippen molar-refractivity contribution in [2.75, 3.05) is 31.3 Å². The van der Waals surface area contributed by atoms with E-state index >= 15 is 9.59 Å². The number of aliphatic hydroxyl groups excluding tert-OH is 1. The number of amides is 1. The van der Waals surface area contributed by atoms with Crippen molar-refractivity contribution in [3.05, 3.63) is 148 Å². The largest absolute Gasteiger partial charge is 0.509 e. The summed E-state index contributed by atoms with van der Waals surface area (Å²) in [4.78, 5) is 117. The first-order valence-corrected chi connectivity index (χ1v) is 30.6. The third-order valence-electron chi connectivity index (χ3n) is 16.2. The van der Waals surface area contributed by atoms with Crippen LogP contribution in [-0.4, -0.2) is 153 Å². The van der Waals surface area contributed by atoms with Crippen LogP contribution < -0.4 is 16.5 Å². The summed E-state index contributed by atoms with van der Waals surface area (Å²) in [6, 6.07) is 25.7. The maximum atomic E-state index is 15.8. The number of aromatic nitrogens is 1. The van der Waals surface area contributed by atoms with E-state index in [9.17, 15) is 39.0 Å². The first kappa shape index (κ1) is 65.2. The van der Waals surface area contributed by atoms with Crippen molar-refractivity contribution in [1.82, 2.24) is 15.7 Å². The SMILES string of the molecule is CC(=O)O[C@H]1C(=O)[C@@]2(C)[C@H]([C@H](OC(=O)c3ccccc3)[C@]3(O)C[C@H](OC(=O)C(OC(=O)OCCSSCCOC(=O)Cc4cccnc4/C=N/NC(N)=S)[C@@H](NC(=O)c4ccccc4)c4ccccc4)C(C)=C1C3(C)C)[C@]1(OC(C)=O)CO[C@@H]1C[C@@H]2O. The van der Waals surface area contributed by atoms with Gasteiger partial charge >= 0.3 is 36.0 Å². The minimum Gasteiger partial charge on any atom is -0.465 e. The van der Waals surface area contributed by atoms with E-state index in [-0.39, 0.29) is 71.4 Å². The number of rotatable bonds is 22. The van der Waals surface area contributed by atoms with Gasteiger partial charge in [-0.25, -0.2) is 14.4 Å². The lowest BCUT2D eigenvalue weighted by molar-refractivity contribution is -0.346. The van der Waals surface area contributed by atoms with Crippen LogP contribution in [0.25, 0.3) is 0 Å². The summed E-state index contributed by atoms with van der Waals surface area (Å²) in [6.45, 7) is 7.54. The van der Waals surface area contributed by atoms with Crippen LogP contribution in [-0.2, 0) is 68.3 Å². The van der Waals surface area contributed by atoms with E-state index in [1.54, 1.807) is 78.9 Å². The fraction of sp³-hybridized carbons (Fsp3) is 0.426. The zero-order chi connectivity index (χ0) is 62.8. The van der Waals surface area contributed by atoms with Gasteiger partial charge in [0.05, 0.1) is 47.9 Å². The van der Waals surface area contributed by atoms with Gasteiger partial charge in [-0.05, 0) is 78.7 Å². The van der Waals surface area contributed by atoms with E-state index in [0.717, 1.165) is 13.8 Å². The highest BCUT2D eigenvalue weighted by Crippen LogP contribution is 2.64. The molecular weight excluding hydrogens is 1190 g/mol. The molecule has 2 bridgehead atoms. The number of carbonyl (C=O) groups excluding carboxylic acids is 8. The molecule has 23 nitrogen and oxygen atoms in total. The molecule has 11 atom stereocenters. The number of hydrogen-bond donors (Lipinski definition) is 5.